The summed E-state index contributed by atoms with van der Waals surface area (Å²) in [6, 6.07) is 1.81. The summed E-state index contributed by atoms with van der Waals surface area (Å²) in [4.78, 5) is 4.12. The molecule has 6 nitrogen and oxygen atoms in total. The Morgan fingerprint density at radius 3 is 3.07 bits per heavy atom. The number of hydrogen-bond donors (Lipinski definition) is 2. The number of aliphatic hydroxyl groups is 1. The number of aliphatic hydroxyl groups excluding tert-OH is 1. The molecule has 0 bridgehead atoms. The van der Waals surface area contributed by atoms with E-state index in [0.29, 0.717) is 24.4 Å². The van der Waals surface area contributed by atoms with Gasteiger partial charge in [0.25, 0.3) is 0 Å². The van der Waals surface area contributed by atoms with E-state index in [4.69, 9.17) is 5.73 Å². The maximum Gasteiger partial charge on any atom is 0.167 e. The third-order valence-electron chi connectivity index (χ3n) is 2.20. The van der Waals surface area contributed by atoms with Gasteiger partial charge in [0.15, 0.2) is 11.5 Å². The quantitative estimate of drug-likeness (QED) is 0.728. The minimum absolute atomic E-state index is 0.412. The fraction of sp³-hybridized carbons (Fsp3) is 0.444. The van der Waals surface area contributed by atoms with Gasteiger partial charge >= 0.3 is 0 Å². The second-order valence-electron chi connectivity index (χ2n) is 3.41. The number of hydrogen-bond acceptors (Lipinski definition) is 5. The summed E-state index contributed by atoms with van der Waals surface area (Å²) < 4.78 is 1.67. The van der Waals surface area contributed by atoms with Crippen LogP contribution < -0.4 is 5.73 Å². The van der Waals surface area contributed by atoms with E-state index in [1.807, 2.05) is 13.0 Å². The number of nitrogens with two attached hydrogens (primary N) is 1. The Morgan fingerprint density at radius 2 is 2.33 bits per heavy atom. The van der Waals surface area contributed by atoms with Gasteiger partial charge in [-0.3, -0.25) is 4.40 Å². The standard InChI is InChI=1S/C9H13N5O/c1-6-4-8-12-13-9(7(15)2-3-10)14(8)5-11-6/h4-5,7,15H,2-3,10H2,1H3. The van der Waals surface area contributed by atoms with Gasteiger partial charge in [0, 0.05) is 11.8 Å². The molecule has 2 aromatic heterocycles. The lowest BCUT2D eigenvalue weighted by atomic mass is 10.2. The molecule has 0 amide bonds. The van der Waals surface area contributed by atoms with Crippen molar-refractivity contribution in [2.75, 3.05) is 6.54 Å². The first-order chi connectivity index (χ1) is 7.22. The van der Waals surface area contributed by atoms with Crippen molar-refractivity contribution >= 4 is 5.65 Å². The van der Waals surface area contributed by atoms with Gasteiger partial charge in [-0.1, -0.05) is 0 Å². The zero-order valence-electron chi connectivity index (χ0n) is 8.46. The van der Waals surface area contributed by atoms with Crippen LogP contribution in [0.5, 0.6) is 0 Å². The second-order valence-corrected chi connectivity index (χ2v) is 3.41. The maximum absolute atomic E-state index is 9.75. The predicted octanol–water partition coefficient (Wildman–Crippen LogP) is -0.185. The molecule has 0 saturated heterocycles. The fourth-order valence-electron chi connectivity index (χ4n) is 1.42. The van der Waals surface area contributed by atoms with E-state index in [2.05, 4.69) is 15.2 Å². The Morgan fingerprint density at radius 1 is 1.53 bits per heavy atom. The fourth-order valence-corrected chi connectivity index (χ4v) is 1.42. The highest BCUT2D eigenvalue weighted by atomic mass is 16.3. The van der Waals surface area contributed by atoms with E-state index in [9.17, 15) is 5.11 Å². The second kappa shape index (κ2) is 3.92. The molecule has 1 atom stereocenters. The molecule has 2 aromatic rings. The van der Waals surface area contributed by atoms with Gasteiger partial charge in [0.2, 0.25) is 0 Å². The lowest BCUT2D eigenvalue weighted by Gasteiger charge is -2.06. The third kappa shape index (κ3) is 1.81. The molecule has 0 aliphatic heterocycles. The first-order valence-corrected chi connectivity index (χ1v) is 4.78. The molecule has 80 valence electrons. The predicted molar refractivity (Wildman–Crippen MR) is 54.2 cm³/mol. The Hall–Kier alpha value is -1.53. The Labute approximate surface area is 86.8 Å². The maximum atomic E-state index is 9.75. The summed E-state index contributed by atoms with van der Waals surface area (Å²) in [6.45, 7) is 2.29. The van der Waals surface area contributed by atoms with Crippen molar-refractivity contribution in [3.63, 3.8) is 0 Å². The monoisotopic (exact) mass is 207 g/mol. The van der Waals surface area contributed by atoms with Crippen molar-refractivity contribution < 1.29 is 5.11 Å². The molecule has 0 aliphatic carbocycles. The summed E-state index contributed by atoms with van der Waals surface area (Å²) in [5.41, 5.74) is 6.93. The van der Waals surface area contributed by atoms with Crippen molar-refractivity contribution in [1.29, 1.82) is 0 Å². The number of nitrogens with zero attached hydrogens (tertiary/aromatic N) is 4. The molecule has 2 rings (SSSR count). The lowest BCUT2D eigenvalue weighted by Crippen LogP contribution is -2.10. The first-order valence-electron chi connectivity index (χ1n) is 4.78. The van der Waals surface area contributed by atoms with Crippen molar-refractivity contribution in [2.45, 2.75) is 19.4 Å². The number of aromatic nitrogens is 4. The largest absolute Gasteiger partial charge is 0.385 e. The Kier molecular flexibility index (Phi) is 2.61. The van der Waals surface area contributed by atoms with E-state index in [1.165, 1.54) is 0 Å². The van der Waals surface area contributed by atoms with Gasteiger partial charge in [0.05, 0.1) is 0 Å². The lowest BCUT2D eigenvalue weighted by molar-refractivity contribution is 0.159. The van der Waals surface area contributed by atoms with E-state index < -0.39 is 6.10 Å². The van der Waals surface area contributed by atoms with Gasteiger partial charge in [-0.2, -0.15) is 0 Å². The van der Waals surface area contributed by atoms with E-state index >= 15 is 0 Å². The van der Waals surface area contributed by atoms with Crippen LogP contribution in [0.15, 0.2) is 12.4 Å². The Balaban J connectivity index is 2.44. The first kappa shape index (κ1) is 10.0. The van der Waals surface area contributed by atoms with Crippen molar-refractivity contribution in [3.05, 3.63) is 23.9 Å². The zero-order valence-corrected chi connectivity index (χ0v) is 8.46. The van der Waals surface area contributed by atoms with Gasteiger partial charge in [0.1, 0.15) is 12.4 Å². The minimum atomic E-state index is -0.686. The van der Waals surface area contributed by atoms with Crippen LogP contribution in [0.25, 0.3) is 5.65 Å². The van der Waals surface area contributed by atoms with Crippen molar-refractivity contribution in [2.24, 2.45) is 5.73 Å². The van der Waals surface area contributed by atoms with Gasteiger partial charge in [-0.05, 0) is 19.9 Å². The van der Waals surface area contributed by atoms with Crippen molar-refractivity contribution in [1.82, 2.24) is 19.6 Å². The molecule has 0 aromatic carbocycles. The van der Waals surface area contributed by atoms with Crippen LogP contribution in [-0.2, 0) is 0 Å². The van der Waals surface area contributed by atoms with Gasteiger partial charge in [-0.15, -0.1) is 10.2 Å². The zero-order chi connectivity index (χ0) is 10.8. The molecule has 6 heteroatoms. The molecular formula is C9H13N5O. The van der Waals surface area contributed by atoms with E-state index in [-0.39, 0.29) is 0 Å². The molecule has 0 spiro atoms. The summed E-state index contributed by atoms with van der Waals surface area (Å²) in [5, 5.41) is 17.6. The molecule has 1 unspecified atom stereocenters. The van der Waals surface area contributed by atoms with Crippen LogP contribution in [0.1, 0.15) is 24.0 Å². The van der Waals surface area contributed by atoms with Crippen LogP contribution >= 0.6 is 0 Å². The van der Waals surface area contributed by atoms with Gasteiger partial charge in [-0.25, -0.2) is 4.98 Å². The summed E-state index contributed by atoms with van der Waals surface area (Å²) in [5.74, 6) is 0.489. The Bertz CT molecular complexity index is 466. The molecule has 15 heavy (non-hydrogen) atoms. The SMILES string of the molecule is Cc1cc2nnc(C(O)CCN)n2cn1. The molecule has 2 heterocycles. The highest BCUT2D eigenvalue weighted by Gasteiger charge is 2.14. The minimum Gasteiger partial charge on any atom is -0.385 e. The molecule has 0 fully saturated rings. The molecular weight excluding hydrogens is 194 g/mol. The number of rotatable bonds is 3. The molecule has 0 aliphatic rings. The topological polar surface area (TPSA) is 89.3 Å². The highest BCUT2D eigenvalue weighted by molar-refractivity contribution is 5.38. The normalized spacial score (nSPS) is 13.3. The van der Waals surface area contributed by atoms with Crippen LogP contribution in [0.4, 0.5) is 0 Å². The summed E-state index contributed by atoms with van der Waals surface area (Å²) >= 11 is 0. The average molecular weight is 207 g/mol. The van der Waals surface area contributed by atoms with Crippen LogP contribution in [0, 0.1) is 6.92 Å². The number of fused-ring (bicyclic) bond motifs is 1. The number of aryl methyl sites for hydroxylation is 1. The third-order valence-corrected chi connectivity index (χ3v) is 2.20. The van der Waals surface area contributed by atoms with E-state index in [0.717, 1.165) is 5.69 Å². The molecule has 3 N–H and O–H groups in total. The van der Waals surface area contributed by atoms with Crippen LogP contribution in [0.2, 0.25) is 0 Å². The van der Waals surface area contributed by atoms with E-state index in [1.54, 1.807) is 10.7 Å². The smallest absolute Gasteiger partial charge is 0.167 e. The molecule has 0 radical (unpaired) electrons. The average Bonchev–Trinajstić information content (AvgIpc) is 2.60. The summed E-state index contributed by atoms with van der Waals surface area (Å²) in [6.07, 6.45) is 1.39. The van der Waals surface area contributed by atoms with Crippen LogP contribution in [-0.4, -0.2) is 31.2 Å². The highest BCUT2D eigenvalue weighted by Crippen LogP contribution is 2.14. The van der Waals surface area contributed by atoms with Gasteiger partial charge < -0.3 is 10.8 Å². The molecule has 0 saturated carbocycles. The van der Waals surface area contributed by atoms with Crippen molar-refractivity contribution in [3.8, 4) is 0 Å². The summed E-state index contributed by atoms with van der Waals surface area (Å²) in [7, 11) is 0. The van der Waals surface area contributed by atoms with Crippen LogP contribution in [0.3, 0.4) is 0 Å².